The fourth-order valence-corrected chi connectivity index (χ4v) is 1.88. The molecule has 4 nitrogen and oxygen atoms in total. The molecule has 0 unspecified atom stereocenters. The molecule has 1 aromatic rings. The first-order valence-corrected chi connectivity index (χ1v) is 6.86. The number of nitrogens with one attached hydrogen (secondary N) is 1. The third-order valence-electron chi connectivity index (χ3n) is 2.95. The average molecular weight is 264 g/mol. The molecule has 0 aliphatic rings. The zero-order valence-electron chi connectivity index (χ0n) is 11.7. The van der Waals surface area contributed by atoms with Crippen LogP contribution in [0.4, 0.5) is 0 Å². The van der Waals surface area contributed by atoms with Crippen molar-refractivity contribution >= 4 is 5.91 Å². The maximum absolute atomic E-state index is 11.7. The van der Waals surface area contributed by atoms with Crippen molar-refractivity contribution in [2.45, 2.75) is 32.1 Å². The number of rotatable bonds is 9. The topological polar surface area (TPSA) is 64.3 Å². The molecule has 1 amide bonds. The van der Waals surface area contributed by atoms with E-state index in [1.807, 2.05) is 24.3 Å². The van der Waals surface area contributed by atoms with Crippen LogP contribution >= 0.6 is 0 Å². The third-order valence-corrected chi connectivity index (χ3v) is 2.95. The first-order chi connectivity index (χ1) is 9.26. The van der Waals surface area contributed by atoms with Crippen LogP contribution in [0, 0.1) is 0 Å². The molecular weight excluding hydrogens is 240 g/mol. The summed E-state index contributed by atoms with van der Waals surface area (Å²) in [5.74, 6) is 0.846. The minimum absolute atomic E-state index is 0.0621. The summed E-state index contributed by atoms with van der Waals surface area (Å²) in [5, 5.41) is 2.93. The Morgan fingerprint density at radius 1 is 1.26 bits per heavy atom. The van der Waals surface area contributed by atoms with E-state index in [9.17, 15) is 4.79 Å². The average Bonchev–Trinajstić information content (AvgIpc) is 2.43. The summed E-state index contributed by atoms with van der Waals surface area (Å²) >= 11 is 0. The smallest absolute Gasteiger partial charge is 0.224 e. The zero-order valence-corrected chi connectivity index (χ0v) is 11.7. The molecule has 0 bridgehead atoms. The maximum atomic E-state index is 11.7. The van der Waals surface area contributed by atoms with Gasteiger partial charge in [-0.1, -0.05) is 25.0 Å². The van der Waals surface area contributed by atoms with Gasteiger partial charge < -0.3 is 15.8 Å². The van der Waals surface area contributed by atoms with E-state index in [1.54, 1.807) is 7.11 Å². The zero-order chi connectivity index (χ0) is 13.9. The Kier molecular flexibility index (Phi) is 7.66. The Bertz CT molecular complexity index is 380. The van der Waals surface area contributed by atoms with Gasteiger partial charge in [-0.15, -0.1) is 0 Å². The van der Waals surface area contributed by atoms with Gasteiger partial charge in [0, 0.05) is 6.54 Å². The Labute approximate surface area is 115 Å². The number of carbonyl (C=O) groups excluding carboxylic acids is 1. The summed E-state index contributed by atoms with van der Waals surface area (Å²) in [6.07, 6.45) is 4.75. The van der Waals surface area contributed by atoms with Gasteiger partial charge in [-0.05, 0) is 37.1 Å². The molecule has 106 valence electrons. The number of carbonyl (C=O) groups is 1. The molecule has 1 rings (SSSR count). The lowest BCUT2D eigenvalue weighted by Crippen LogP contribution is -2.26. The molecule has 1 aromatic carbocycles. The predicted molar refractivity (Wildman–Crippen MR) is 77.2 cm³/mol. The number of amides is 1. The summed E-state index contributed by atoms with van der Waals surface area (Å²) in [6.45, 7) is 1.50. The highest BCUT2D eigenvalue weighted by atomic mass is 16.5. The Morgan fingerprint density at radius 3 is 2.79 bits per heavy atom. The SMILES string of the molecule is COc1cccc(CC(=O)NCCCCCCN)c1. The molecule has 0 aliphatic carbocycles. The number of ether oxygens (including phenoxy) is 1. The van der Waals surface area contributed by atoms with Gasteiger partial charge in [0.25, 0.3) is 0 Å². The third kappa shape index (κ3) is 6.82. The van der Waals surface area contributed by atoms with Gasteiger partial charge in [-0.3, -0.25) is 4.79 Å². The molecule has 0 fully saturated rings. The summed E-state index contributed by atoms with van der Waals surface area (Å²) in [7, 11) is 1.63. The van der Waals surface area contributed by atoms with Gasteiger partial charge in [0.2, 0.25) is 5.91 Å². The van der Waals surface area contributed by atoms with Crippen LogP contribution in [-0.2, 0) is 11.2 Å². The van der Waals surface area contributed by atoms with Crippen molar-refractivity contribution in [3.8, 4) is 5.75 Å². The number of benzene rings is 1. The van der Waals surface area contributed by atoms with Crippen LogP contribution in [0.2, 0.25) is 0 Å². The number of hydrogen-bond acceptors (Lipinski definition) is 3. The standard InChI is InChI=1S/C15H24N2O2/c1-19-14-8-6-7-13(11-14)12-15(18)17-10-5-3-2-4-9-16/h6-8,11H,2-5,9-10,12,16H2,1H3,(H,17,18). The van der Waals surface area contributed by atoms with Crippen LogP contribution in [-0.4, -0.2) is 26.1 Å². The summed E-state index contributed by atoms with van der Waals surface area (Å²) < 4.78 is 5.13. The molecule has 0 saturated carbocycles. The van der Waals surface area contributed by atoms with Crippen LogP contribution in [0.15, 0.2) is 24.3 Å². The molecule has 0 heterocycles. The van der Waals surface area contributed by atoms with Gasteiger partial charge in [-0.2, -0.15) is 0 Å². The molecule has 19 heavy (non-hydrogen) atoms. The second kappa shape index (κ2) is 9.39. The van der Waals surface area contributed by atoms with Crippen LogP contribution in [0.3, 0.4) is 0 Å². The highest BCUT2D eigenvalue weighted by Gasteiger charge is 2.03. The molecule has 0 radical (unpaired) electrons. The molecule has 0 aromatic heterocycles. The molecule has 0 saturated heterocycles. The quantitative estimate of drug-likeness (QED) is 0.669. The van der Waals surface area contributed by atoms with Crippen molar-refractivity contribution in [2.75, 3.05) is 20.2 Å². The van der Waals surface area contributed by atoms with E-state index in [0.29, 0.717) is 6.42 Å². The molecule has 0 atom stereocenters. The lowest BCUT2D eigenvalue weighted by molar-refractivity contribution is -0.120. The van der Waals surface area contributed by atoms with Gasteiger partial charge >= 0.3 is 0 Å². The molecule has 0 spiro atoms. The van der Waals surface area contributed by atoms with E-state index in [-0.39, 0.29) is 5.91 Å². The molecule has 0 aliphatic heterocycles. The number of nitrogens with two attached hydrogens (primary N) is 1. The van der Waals surface area contributed by atoms with Crippen molar-refractivity contribution in [1.29, 1.82) is 0 Å². The Hall–Kier alpha value is -1.55. The Morgan fingerprint density at radius 2 is 2.05 bits per heavy atom. The van der Waals surface area contributed by atoms with Crippen molar-refractivity contribution in [2.24, 2.45) is 5.73 Å². The van der Waals surface area contributed by atoms with Crippen LogP contribution in [0.25, 0.3) is 0 Å². The number of methoxy groups -OCH3 is 1. The minimum Gasteiger partial charge on any atom is -0.497 e. The lowest BCUT2D eigenvalue weighted by atomic mass is 10.1. The molecule has 3 N–H and O–H groups in total. The summed E-state index contributed by atoms with van der Waals surface area (Å²) in [4.78, 5) is 11.7. The van der Waals surface area contributed by atoms with Crippen molar-refractivity contribution in [1.82, 2.24) is 5.32 Å². The normalized spacial score (nSPS) is 10.2. The summed E-state index contributed by atoms with van der Waals surface area (Å²) in [6, 6.07) is 7.59. The van der Waals surface area contributed by atoms with E-state index in [1.165, 1.54) is 0 Å². The first-order valence-electron chi connectivity index (χ1n) is 6.86. The van der Waals surface area contributed by atoms with Crippen LogP contribution < -0.4 is 15.8 Å². The lowest BCUT2D eigenvalue weighted by Gasteiger charge is -2.06. The van der Waals surface area contributed by atoms with Gasteiger partial charge in [-0.25, -0.2) is 0 Å². The molecular formula is C15H24N2O2. The minimum atomic E-state index is 0.0621. The maximum Gasteiger partial charge on any atom is 0.224 e. The molecule has 4 heteroatoms. The first kappa shape index (κ1) is 15.5. The van der Waals surface area contributed by atoms with E-state index in [4.69, 9.17) is 10.5 Å². The highest BCUT2D eigenvalue weighted by molar-refractivity contribution is 5.78. The van der Waals surface area contributed by atoms with Crippen LogP contribution in [0.5, 0.6) is 5.75 Å². The van der Waals surface area contributed by atoms with Crippen molar-refractivity contribution in [3.63, 3.8) is 0 Å². The van der Waals surface area contributed by atoms with E-state index in [0.717, 1.165) is 50.1 Å². The predicted octanol–water partition coefficient (Wildman–Crippen LogP) is 1.87. The van der Waals surface area contributed by atoms with E-state index in [2.05, 4.69) is 5.32 Å². The number of hydrogen-bond donors (Lipinski definition) is 2. The summed E-state index contributed by atoms with van der Waals surface area (Å²) in [5.41, 5.74) is 6.39. The number of unbranched alkanes of at least 4 members (excludes halogenated alkanes) is 3. The highest BCUT2D eigenvalue weighted by Crippen LogP contribution is 2.12. The van der Waals surface area contributed by atoms with E-state index < -0.39 is 0 Å². The second-order valence-corrected chi connectivity index (χ2v) is 4.58. The fraction of sp³-hybridized carbons (Fsp3) is 0.533. The van der Waals surface area contributed by atoms with Gasteiger partial charge in [0.1, 0.15) is 5.75 Å². The fourth-order valence-electron chi connectivity index (χ4n) is 1.88. The van der Waals surface area contributed by atoms with Gasteiger partial charge in [0.05, 0.1) is 13.5 Å². The Balaban J connectivity index is 2.19. The van der Waals surface area contributed by atoms with E-state index >= 15 is 0 Å². The second-order valence-electron chi connectivity index (χ2n) is 4.58. The van der Waals surface area contributed by atoms with Crippen LogP contribution in [0.1, 0.15) is 31.2 Å². The van der Waals surface area contributed by atoms with Crippen molar-refractivity contribution < 1.29 is 9.53 Å². The largest absolute Gasteiger partial charge is 0.497 e. The van der Waals surface area contributed by atoms with Gasteiger partial charge in [0.15, 0.2) is 0 Å². The monoisotopic (exact) mass is 264 g/mol. The van der Waals surface area contributed by atoms with Crippen molar-refractivity contribution in [3.05, 3.63) is 29.8 Å².